The Labute approximate surface area is 195 Å². The summed E-state index contributed by atoms with van der Waals surface area (Å²) in [6, 6.07) is 5.52. The molecule has 0 spiro atoms. The molecule has 180 valence electrons. The number of aliphatic hydroxyl groups excluding tert-OH is 1. The maximum atomic E-state index is 12.7. The van der Waals surface area contributed by atoms with Gasteiger partial charge >= 0.3 is 0 Å². The van der Waals surface area contributed by atoms with Gasteiger partial charge < -0.3 is 20.1 Å². The second-order valence-corrected chi connectivity index (χ2v) is 10.7. The number of likely N-dealkylation sites (tertiary alicyclic amines) is 1. The predicted molar refractivity (Wildman–Crippen MR) is 123 cm³/mol. The molecule has 10 heteroatoms. The Morgan fingerprint density at radius 2 is 2.00 bits per heavy atom. The highest BCUT2D eigenvalue weighted by molar-refractivity contribution is 7.89. The molecule has 32 heavy (non-hydrogen) atoms. The van der Waals surface area contributed by atoms with E-state index in [4.69, 9.17) is 16.3 Å². The van der Waals surface area contributed by atoms with Crippen LogP contribution in [-0.2, 0) is 19.6 Å². The quantitative estimate of drug-likeness (QED) is 0.465. The van der Waals surface area contributed by atoms with Gasteiger partial charge in [0, 0.05) is 24.5 Å². The van der Waals surface area contributed by atoms with Crippen LogP contribution in [0.1, 0.15) is 44.9 Å². The van der Waals surface area contributed by atoms with Gasteiger partial charge in [-0.15, -0.1) is 0 Å². The summed E-state index contributed by atoms with van der Waals surface area (Å²) in [5.74, 6) is 0.0391. The van der Waals surface area contributed by atoms with Crippen molar-refractivity contribution >= 4 is 27.5 Å². The normalized spacial score (nSPS) is 24.9. The van der Waals surface area contributed by atoms with Crippen molar-refractivity contribution in [2.24, 2.45) is 0 Å². The Morgan fingerprint density at radius 3 is 2.72 bits per heavy atom. The predicted octanol–water partition coefficient (Wildman–Crippen LogP) is 1.91. The third-order valence-electron chi connectivity index (χ3n) is 6.10. The molecule has 0 unspecified atom stereocenters. The van der Waals surface area contributed by atoms with Crippen LogP contribution in [0.25, 0.3) is 0 Å². The van der Waals surface area contributed by atoms with E-state index in [1.807, 2.05) is 0 Å². The van der Waals surface area contributed by atoms with Gasteiger partial charge in [-0.2, -0.15) is 0 Å². The van der Waals surface area contributed by atoms with Crippen LogP contribution in [0.5, 0.6) is 0 Å². The number of nitrogens with one attached hydrogen (secondary N) is 2. The van der Waals surface area contributed by atoms with Crippen molar-refractivity contribution in [1.29, 1.82) is 0 Å². The SMILES string of the molecule is O=C(CCN1CCCCC1)NCC[C@@H]1CC[C@@H](NS(=O)(=O)c2cccc(Cl)c2)[C@@H](CO)O1. The highest BCUT2D eigenvalue weighted by Gasteiger charge is 2.34. The molecule has 1 aromatic carbocycles. The molecule has 0 saturated carbocycles. The van der Waals surface area contributed by atoms with Crippen molar-refractivity contribution in [2.75, 3.05) is 32.8 Å². The van der Waals surface area contributed by atoms with Gasteiger partial charge in [0.1, 0.15) is 0 Å². The summed E-state index contributed by atoms with van der Waals surface area (Å²) in [4.78, 5) is 14.5. The zero-order chi connectivity index (χ0) is 23.0. The number of hydrogen-bond acceptors (Lipinski definition) is 6. The van der Waals surface area contributed by atoms with Gasteiger partial charge in [-0.25, -0.2) is 13.1 Å². The number of nitrogens with zero attached hydrogens (tertiary/aromatic N) is 1. The average Bonchev–Trinajstić information content (AvgIpc) is 2.79. The van der Waals surface area contributed by atoms with E-state index >= 15 is 0 Å². The summed E-state index contributed by atoms with van der Waals surface area (Å²) in [6.45, 7) is 3.16. The van der Waals surface area contributed by atoms with Crippen LogP contribution in [0.2, 0.25) is 5.02 Å². The first kappa shape index (κ1) is 25.4. The number of carbonyl (C=O) groups is 1. The summed E-state index contributed by atoms with van der Waals surface area (Å²) in [7, 11) is -3.77. The van der Waals surface area contributed by atoms with Crippen molar-refractivity contribution in [3.8, 4) is 0 Å². The van der Waals surface area contributed by atoms with E-state index in [1.165, 1.54) is 31.4 Å². The van der Waals surface area contributed by atoms with E-state index in [2.05, 4.69) is 14.9 Å². The number of amides is 1. The third-order valence-corrected chi connectivity index (χ3v) is 7.82. The fraction of sp³-hybridized carbons (Fsp3) is 0.682. The van der Waals surface area contributed by atoms with E-state index in [-0.39, 0.29) is 23.5 Å². The minimum Gasteiger partial charge on any atom is -0.394 e. The summed E-state index contributed by atoms with van der Waals surface area (Å²) >= 11 is 5.91. The molecule has 0 bridgehead atoms. The number of ether oxygens (including phenoxy) is 1. The van der Waals surface area contributed by atoms with Crippen LogP contribution in [-0.4, -0.2) is 75.4 Å². The maximum Gasteiger partial charge on any atom is 0.240 e. The number of benzene rings is 1. The standard InChI is InChI=1S/C22H34ClN3O5S/c23-17-5-4-6-19(15-17)32(29,30)25-20-8-7-18(31-21(20)16-27)9-11-24-22(28)10-14-26-12-2-1-3-13-26/h4-6,15,18,20-21,25,27H,1-3,7-14,16H2,(H,24,28)/t18-,20+,21+/m0/s1. The van der Waals surface area contributed by atoms with E-state index < -0.39 is 22.2 Å². The van der Waals surface area contributed by atoms with Gasteiger partial charge in [-0.05, 0) is 63.4 Å². The molecule has 2 saturated heterocycles. The van der Waals surface area contributed by atoms with E-state index in [0.29, 0.717) is 37.3 Å². The molecule has 0 aromatic heterocycles. The summed E-state index contributed by atoms with van der Waals surface area (Å²) in [5, 5.41) is 13.0. The lowest BCUT2D eigenvalue weighted by Crippen LogP contribution is -2.51. The number of carbonyl (C=O) groups excluding carboxylic acids is 1. The Bertz CT molecular complexity index is 848. The summed E-state index contributed by atoms with van der Waals surface area (Å²) < 4.78 is 33.9. The number of rotatable bonds is 10. The van der Waals surface area contributed by atoms with Crippen molar-refractivity contribution in [2.45, 2.75) is 68.1 Å². The third kappa shape index (κ3) is 7.67. The van der Waals surface area contributed by atoms with Gasteiger partial charge in [0.2, 0.25) is 15.9 Å². The maximum absolute atomic E-state index is 12.7. The number of sulfonamides is 1. The van der Waals surface area contributed by atoms with Crippen LogP contribution < -0.4 is 10.0 Å². The highest BCUT2D eigenvalue weighted by atomic mass is 35.5. The number of halogens is 1. The molecule has 3 atom stereocenters. The molecular weight excluding hydrogens is 454 g/mol. The fourth-order valence-electron chi connectivity index (χ4n) is 4.28. The number of hydrogen-bond donors (Lipinski definition) is 3. The highest BCUT2D eigenvalue weighted by Crippen LogP contribution is 2.24. The lowest BCUT2D eigenvalue weighted by atomic mass is 9.98. The Balaban J connectivity index is 1.40. The van der Waals surface area contributed by atoms with E-state index in [1.54, 1.807) is 12.1 Å². The first-order valence-corrected chi connectivity index (χ1v) is 13.3. The molecule has 3 rings (SSSR count). The van der Waals surface area contributed by atoms with E-state index in [0.717, 1.165) is 19.6 Å². The van der Waals surface area contributed by atoms with Crippen LogP contribution in [0.15, 0.2) is 29.2 Å². The Morgan fingerprint density at radius 1 is 1.22 bits per heavy atom. The number of piperidine rings is 1. The van der Waals surface area contributed by atoms with Gasteiger partial charge in [-0.1, -0.05) is 24.1 Å². The van der Waals surface area contributed by atoms with Gasteiger partial charge in [-0.3, -0.25) is 4.79 Å². The zero-order valence-corrected chi connectivity index (χ0v) is 19.9. The largest absolute Gasteiger partial charge is 0.394 e. The molecular formula is C22H34ClN3O5S. The lowest BCUT2D eigenvalue weighted by Gasteiger charge is -2.36. The smallest absolute Gasteiger partial charge is 0.240 e. The minimum absolute atomic E-state index is 0.0391. The van der Waals surface area contributed by atoms with E-state index in [9.17, 15) is 18.3 Å². The molecule has 2 heterocycles. The second-order valence-electron chi connectivity index (χ2n) is 8.53. The fourth-order valence-corrected chi connectivity index (χ4v) is 5.88. The summed E-state index contributed by atoms with van der Waals surface area (Å²) in [5.41, 5.74) is 0. The molecule has 1 amide bonds. The number of aliphatic hydroxyl groups is 1. The Hall–Kier alpha value is -1.23. The molecule has 3 N–H and O–H groups in total. The average molecular weight is 488 g/mol. The van der Waals surface area contributed by atoms with Crippen LogP contribution in [0.4, 0.5) is 0 Å². The first-order chi connectivity index (χ1) is 15.4. The van der Waals surface area contributed by atoms with Gasteiger partial charge in [0.15, 0.2) is 0 Å². The zero-order valence-electron chi connectivity index (χ0n) is 18.3. The molecule has 2 fully saturated rings. The van der Waals surface area contributed by atoms with Crippen LogP contribution in [0.3, 0.4) is 0 Å². The molecule has 1 aromatic rings. The monoisotopic (exact) mass is 487 g/mol. The topological polar surface area (TPSA) is 108 Å². The molecule has 2 aliphatic heterocycles. The molecule has 0 radical (unpaired) electrons. The van der Waals surface area contributed by atoms with Crippen molar-refractivity contribution in [3.63, 3.8) is 0 Å². The van der Waals surface area contributed by atoms with Crippen molar-refractivity contribution < 1.29 is 23.1 Å². The Kier molecular flexibility index (Phi) is 9.76. The van der Waals surface area contributed by atoms with Crippen LogP contribution >= 0.6 is 11.6 Å². The van der Waals surface area contributed by atoms with Crippen LogP contribution in [0, 0.1) is 0 Å². The summed E-state index contributed by atoms with van der Waals surface area (Å²) in [6.07, 6.45) is 5.23. The molecule has 2 aliphatic rings. The molecule has 8 nitrogen and oxygen atoms in total. The molecule has 0 aliphatic carbocycles. The van der Waals surface area contributed by atoms with Gasteiger partial charge in [0.05, 0.1) is 29.8 Å². The first-order valence-electron chi connectivity index (χ1n) is 11.4. The minimum atomic E-state index is -3.77. The van der Waals surface area contributed by atoms with Crippen molar-refractivity contribution in [3.05, 3.63) is 29.3 Å². The second kappa shape index (κ2) is 12.3. The van der Waals surface area contributed by atoms with Gasteiger partial charge in [0.25, 0.3) is 0 Å². The lowest BCUT2D eigenvalue weighted by molar-refractivity contribution is -0.122. The van der Waals surface area contributed by atoms with Crippen molar-refractivity contribution in [1.82, 2.24) is 14.9 Å².